The summed E-state index contributed by atoms with van der Waals surface area (Å²) in [6.07, 6.45) is -1.40. The number of amides is 2. The number of aromatic nitrogens is 1. The van der Waals surface area contributed by atoms with Gasteiger partial charge in [-0.2, -0.15) is 0 Å². The van der Waals surface area contributed by atoms with E-state index in [2.05, 4.69) is 22.5 Å². The van der Waals surface area contributed by atoms with Crippen LogP contribution >= 0.6 is 22.9 Å². The van der Waals surface area contributed by atoms with Crippen molar-refractivity contribution in [1.29, 1.82) is 0 Å². The van der Waals surface area contributed by atoms with Crippen molar-refractivity contribution in [2.75, 3.05) is 25.6 Å². The summed E-state index contributed by atoms with van der Waals surface area (Å²) in [5.74, 6) is 3.36. The summed E-state index contributed by atoms with van der Waals surface area (Å²) in [5, 5.41) is 4.95. The Hall–Kier alpha value is -2.81. The number of thiophene rings is 1. The van der Waals surface area contributed by atoms with Crippen LogP contribution in [-0.2, 0) is 16.1 Å². The lowest BCUT2D eigenvalue weighted by Crippen LogP contribution is -2.36. The summed E-state index contributed by atoms with van der Waals surface area (Å²) >= 11 is 7.12. The molecule has 12 heteroatoms. The molecule has 33 heavy (non-hydrogen) atoms. The first-order valence-electron chi connectivity index (χ1n) is 9.77. The van der Waals surface area contributed by atoms with Gasteiger partial charge in [-0.05, 0) is 12.5 Å². The second-order valence-corrected chi connectivity index (χ2v) is 8.88. The van der Waals surface area contributed by atoms with E-state index in [4.69, 9.17) is 16.3 Å². The van der Waals surface area contributed by atoms with Crippen molar-refractivity contribution < 1.29 is 27.5 Å². The fourth-order valence-electron chi connectivity index (χ4n) is 3.21. The molecule has 176 valence electrons. The lowest BCUT2D eigenvalue weighted by Gasteiger charge is -2.24. The van der Waals surface area contributed by atoms with E-state index in [0.29, 0.717) is 29.8 Å². The maximum absolute atomic E-state index is 13.8. The third kappa shape index (κ3) is 6.37. The number of carbonyl (C=O) groups excluding carboxylic acids is 2. The highest BCUT2D eigenvalue weighted by atomic mass is 35.5. The molecule has 0 saturated carbocycles. The van der Waals surface area contributed by atoms with Gasteiger partial charge in [0.15, 0.2) is 5.82 Å². The van der Waals surface area contributed by atoms with Crippen LogP contribution in [-0.4, -0.2) is 43.1 Å². The van der Waals surface area contributed by atoms with Gasteiger partial charge in [0.25, 0.3) is 17.9 Å². The third-order valence-electron chi connectivity index (χ3n) is 4.78. The Balaban J connectivity index is 1.73. The predicted octanol–water partition coefficient (Wildman–Crippen LogP) is 2.97. The highest BCUT2D eigenvalue weighted by Gasteiger charge is 2.26. The number of ether oxygens (including phenoxy) is 1. The number of alkyl halides is 2. The SMILES string of the molecule is CNC(=O)C1COCC(C#Cc2cc(C(=O)Nc3cc(F)c(=O)n(CC(F)F)c3)sc2Cl)C1. The zero-order valence-corrected chi connectivity index (χ0v) is 18.9. The topological polar surface area (TPSA) is 89.4 Å². The van der Waals surface area contributed by atoms with Crippen LogP contribution in [0.5, 0.6) is 0 Å². The van der Waals surface area contributed by atoms with Crippen LogP contribution in [0.25, 0.3) is 0 Å². The Kier molecular flexibility index (Phi) is 8.18. The van der Waals surface area contributed by atoms with Gasteiger partial charge in [-0.1, -0.05) is 23.4 Å². The number of pyridine rings is 1. The normalized spacial score (nSPS) is 17.9. The Labute approximate surface area is 195 Å². The van der Waals surface area contributed by atoms with Gasteiger partial charge in [0, 0.05) is 25.2 Å². The van der Waals surface area contributed by atoms with Crippen molar-refractivity contribution in [3.63, 3.8) is 0 Å². The summed E-state index contributed by atoms with van der Waals surface area (Å²) in [4.78, 5) is 36.1. The molecule has 2 unspecified atom stereocenters. The molecular weight excluding hydrogens is 483 g/mol. The number of hydrogen-bond donors (Lipinski definition) is 2. The Morgan fingerprint density at radius 3 is 2.82 bits per heavy atom. The molecule has 2 aromatic heterocycles. The number of nitrogens with one attached hydrogen (secondary N) is 2. The van der Waals surface area contributed by atoms with E-state index < -0.39 is 30.3 Å². The molecule has 2 N–H and O–H groups in total. The van der Waals surface area contributed by atoms with E-state index in [0.717, 1.165) is 23.6 Å². The smallest absolute Gasteiger partial charge is 0.286 e. The zero-order valence-electron chi connectivity index (χ0n) is 17.3. The predicted molar refractivity (Wildman–Crippen MR) is 117 cm³/mol. The molecule has 2 amide bonds. The van der Waals surface area contributed by atoms with Gasteiger partial charge >= 0.3 is 0 Å². The number of carbonyl (C=O) groups is 2. The van der Waals surface area contributed by atoms with Crippen molar-refractivity contribution in [1.82, 2.24) is 9.88 Å². The third-order valence-corrected chi connectivity index (χ3v) is 6.14. The first-order valence-corrected chi connectivity index (χ1v) is 11.0. The van der Waals surface area contributed by atoms with E-state index in [1.165, 1.54) is 6.07 Å². The first-order chi connectivity index (χ1) is 15.7. The Morgan fingerprint density at radius 2 is 2.12 bits per heavy atom. The fourth-order valence-corrected chi connectivity index (χ4v) is 4.29. The van der Waals surface area contributed by atoms with Gasteiger partial charge in [-0.3, -0.25) is 14.4 Å². The molecule has 0 bridgehead atoms. The zero-order chi connectivity index (χ0) is 24.1. The molecule has 2 aromatic rings. The van der Waals surface area contributed by atoms with E-state index >= 15 is 0 Å². The number of halogens is 4. The Bertz CT molecular complexity index is 1170. The molecule has 0 spiro atoms. The summed E-state index contributed by atoms with van der Waals surface area (Å²) in [6.45, 7) is -0.308. The second-order valence-electron chi connectivity index (χ2n) is 7.23. The van der Waals surface area contributed by atoms with Crippen molar-refractivity contribution >= 4 is 40.4 Å². The van der Waals surface area contributed by atoms with Gasteiger partial charge < -0.3 is 19.9 Å². The number of rotatable bonds is 5. The maximum atomic E-state index is 13.8. The van der Waals surface area contributed by atoms with Gasteiger partial charge in [0.2, 0.25) is 5.91 Å². The number of nitrogens with zero attached hydrogens (tertiary/aromatic N) is 1. The molecule has 2 atom stereocenters. The summed E-state index contributed by atoms with van der Waals surface area (Å²) < 4.78 is 45.2. The molecule has 1 aliphatic rings. The molecule has 1 aliphatic heterocycles. The van der Waals surface area contributed by atoms with Gasteiger partial charge in [0.1, 0.15) is 4.34 Å². The van der Waals surface area contributed by atoms with Crippen molar-refractivity contribution in [3.8, 4) is 11.8 Å². The molecule has 0 radical (unpaired) electrons. The van der Waals surface area contributed by atoms with Gasteiger partial charge in [-0.15, -0.1) is 11.3 Å². The quantitative estimate of drug-likeness (QED) is 0.616. The minimum absolute atomic E-state index is 0.120. The van der Waals surface area contributed by atoms with Crippen LogP contribution < -0.4 is 16.2 Å². The van der Waals surface area contributed by atoms with E-state index in [1.807, 2.05) is 0 Å². The van der Waals surface area contributed by atoms with Crippen LogP contribution in [0, 0.1) is 29.5 Å². The van der Waals surface area contributed by atoms with Gasteiger partial charge in [-0.25, -0.2) is 13.2 Å². The van der Waals surface area contributed by atoms with Crippen molar-refractivity contribution in [2.24, 2.45) is 11.8 Å². The second kappa shape index (κ2) is 10.9. The summed E-state index contributed by atoms with van der Waals surface area (Å²) in [5.41, 5.74) is -0.979. The minimum atomic E-state index is -2.87. The van der Waals surface area contributed by atoms with E-state index in [-0.39, 0.29) is 32.6 Å². The van der Waals surface area contributed by atoms with Gasteiger partial charge in [0.05, 0.1) is 41.8 Å². The number of hydrogen-bond acceptors (Lipinski definition) is 5. The molecule has 1 saturated heterocycles. The minimum Gasteiger partial charge on any atom is -0.379 e. The number of anilines is 1. The van der Waals surface area contributed by atoms with Crippen LogP contribution in [0.3, 0.4) is 0 Å². The monoisotopic (exact) mass is 501 g/mol. The molecular formula is C21H19ClF3N3O4S. The standard InChI is InChI=1S/C21H19ClF3N3O4S/c1-26-19(29)13-4-11(9-32-10-13)2-3-12-5-16(33-18(12)22)20(30)27-14-6-15(23)21(31)28(7-14)8-17(24)25/h5-7,11,13,17H,4,8-10H2,1H3,(H,26,29)(H,27,30). The Morgan fingerprint density at radius 1 is 1.36 bits per heavy atom. The highest BCUT2D eigenvalue weighted by molar-refractivity contribution is 7.18. The molecule has 3 heterocycles. The lowest BCUT2D eigenvalue weighted by molar-refractivity contribution is -0.129. The largest absolute Gasteiger partial charge is 0.379 e. The van der Waals surface area contributed by atoms with Crippen LogP contribution in [0.4, 0.5) is 18.9 Å². The van der Waals surface area contributed by atoms with Crippen LogP contribution in [0.1, 0.15) is 21.7 Å². The fraction of sp³-hybridized carbons (Fsp3) is 0.381. The summed E-state index contributed by atoms with van der Waals surface area (Å²) in [6, 6.07) is 2.20. The average Bonchev–Trinajstić information content (AvgIpc) is 3.15. The molecule has 0 aliphatic carbocycles. The lowest BCUT2D eigenvalue weighted by atomic mass is 9.92. The molecule has 1 fully saturated rings. The molecule has 7 nitrogen and oxygen atoms in total. The maximum Gasteiger partial charge on any atom is 0.286 e. The van der Waals surface area contributed by atoms with Crippen molar-refractivity contribution in [2.45, 2.75) is 19.4 Å². The van der Waals surface area contributed by atoms with Crippen LogP contribution in [0.2, 0.25) is 4.34 Å². The molecule has 3 rings (SSSR count). The first kappa shape index (κ1) is 24.8. The molecule has 0 aromatic carbocycles. The van der Waals surface area contributed by atoms with E-state index in [9.17, 15) is 27.6 Å². The van der Waals surface area contributed by atoms with Crippen LogP contribution in [0.15, 0.2) is 23.1 Å². The van der Waals surface area contributed by atoms with E-state index in [1.54, 1.807) is 7.05 Å². The average molecular weight is 502 g/mol. The van der Waals surface area contributed by atoms with Crippen molar-refractivity contribution in [3.05, 3.63) is 49.3 Å². The summed E-state index contributed by atoms with van der Waals surface area (Å²) in [7, 11) is 1.55. The highest BCUT2D eigenvalue weighted by Crippen LogP contribution is 2.28.